The highest BCUT2D eigenvalue weighted by Crippen LogP contribution is 2.53. The van der Waals surface area contributed by atoms with Crippen molar-refractivity contribution in [2.45, 2.75) is 36.2 Å². The molecule has 3 heterocycles. The van der Waals surface area contributed by atoms with Gasteiger partial charge in [0, 0.05) is 16.5 Å². The lowest BCUT2D eigenvalue weighted by atomic mass is 9.83. The lowest BCUT2D eigenvalue weighted by molar-refractivity contribution is -0.137. The predicted octanol–water partition coefficient (Wildman–Crippen LogP) is 5.98. The molecule has 4 aromatic rings. The molecule has 238 valence electrons. The number of aryl methyl sites for hydroxylation is 1. The molecule has 1 saturated heterocycles. The fourth-order valence-electron chi connectivity index (χ4n) is 5.54. The molecule has 3 amide bonds. The number of rotatable bonds is 8. The molecule has 14 heteroatoms. The maximum Gasteiger partial charge on any atom is 0.416 e. The number of thiazole rings is 1. The van der Waals surface area contributed by atoms with Gasteiger partial charge in [0.25, 0.3) is 5.91 Å². The van der Waals surface area contributed by atoms with E-state index < -0.39 is 41.3 Å². The molecule has 0 spiro atoms. The third-order valence-corrected chi connectivity index (χ3v) is 9.98. The molecule has 1 aromatic heterocycles. The molecule has 46 heavy (non-hydrogen) atoms. The van der Waals surface area contributed by atoms with Crippen molar-refractivity contribution in [1.29, 1.82) is 0 Å². The zero-order chi connectivity index (χ0) is 32.7. The number of anilines is 2. The second-order valence-electron chi connectivity index (χ2n) is 10.7. The molecule has 0 radical (unpaired) electrons. The molecular formula is C32H26F3N3O6S2. The first-order valence-electron chi connectivity index (χ1n) is 14.2. The number of H-pyrrole nitrogens is 1. The molecule has 6 rings (SSSR count). The smallest absolute Gasteiger partial charge is 0.416 e. The molecular weight excluding hydrogens is 643 g/mol. The quantitative estimate of drug-likeness (QED) is 0.222. The molecule has 0 bridgehead atoms. The maximum atomic E-state index is 14.0. The van der Waals surface area contributed by atoms with E-state index in [1.54, 1.807) is 37.3 Å². The van der Waals surface area contributed by atoms with Crippen molar-refractivity contribution in [3.63, 3.8) is 0 Å². The Morgan fingerprint density at radius 2 is 1.74 bits per heavy atom. The van der Waals surface area contributed by atoms with Crippen LogP contribution in [0.2, 0.25) is 0 Å². The van der Waals surface area contributed by atoms with Crippen LogP contribution in [0.5, 0.6) is 11.5 Å². The number of carbonyl (C=O) groups excluding carboxylic acids is 3. The number of aromatic nitrogens is 1. The molecule has 2 aliphatic heterocycles. The summed E-state index contributed by atoms with van der Waals surface area (Å²) >= 11 is 2.15. The molecule has 3 aromatic carbocycles. The average Bonchev–Trinajstić information content (AvgIpc) is 3.50. The van der Waals surface area contributed by atoms with Crippen LogP contribution < -0.4 is 24.6 Å². The predicted molar refractivity (Wildman–Crippen MR) is 167 cm³/mol. The van der Waals surface area contributed by atoms with Gasteiger partial charge in [-0.25, -0.2) is 4.90 Å². The molecule has 0 saturated carbocycles. The third kappa shape index (κ3) is 6.01. The molecule has 1 fully saturated rings. The number of halogens is 3. The fourth-order valence-corrected chi connectivity index (χ4v) is 8.06. The van der Waals surface area contributed by atoms with E-state index in [1.165, 1.54) is 28.8 Å². The largest absolute Gasteiger partial charge is 0.490 e. The number of nitrogens with one attached hydrogen (secondary N) is 2. The van der Waals surface area contributed by atoms with Crippen molar-refractivity contribution in [2.24, 2.45) is 5.92 Å². The van der Waals surface area contributed by atoms with Gasteiger partial charge in [0.05, 0.1) is 28.8 Å². The monoisotopic (exact) mass is 669 g/mol. The van der Waals surface area contributed by atoms with Crippen molar-refractivity contribution in [3.8, 4) is 11.5 Å². The lowest BCUT2D eigenvalue weighted by Crippen LogP contribution is -2.32. The van der Waals surface area contributed by atoms with Gasteiger partial charge in [-0.2, -0.15) is 13.2 Å². The summed E-state index contributed by atoms with van der Waals surface area (Å²) in [5.74, 6) is -2.48. The van der Waals surface area contributed by atoms with Crippen molar-refractivity contribution < 1.29 is 37.0 Å². The number of imide groups is 1. The lowest BCUT2D eigenvalue weighted by Gasteiger charge is -2.30. The Kier molecular flexibility index (Phi) is 8.42. The SMILES string of the molecule is CCOc1cc(C2c3sc(=O)[nH]c3SC3C(=O)N(c4ccc(C)cc4)C(=O)C32)ccc1OCC(=O)Nc1cccc(C(F)(F)F)c1. The number of carbonyl (C=O) groups is 3. The standard InChI is InChI=1S/C32H26F3N3O6S2/c1-3-43-22-13-17(9-12-21(22)44-15-23(39)36-19-6-4-5-18(14-19)32(33,34)35)24-25-27(45-28-26(24)46-31(42)37-28)30(41)38(29(25)40)20-10-7-16(2)8-11-20/h4-14,24-25,27H,3,15H2,1-2H3,(H,36,39)(H,37,42). The van der Waals surface area contributed by atoms with Crippen LogP contribution in [0.25, 0.3) is 0 Å². The number of benzene rings is 3. The average molecular weight is 670 g/mol. The number of ether oxygens (including phenoxy) is 2. The van der Waals surface area contributed by atoms with Crippen LogP contribution in [0, 0.1) is 12.8 Å². The van der Waals surface area contributed by atoms with Crippen LogP contribution in [-0.4, -0.2) is 41.2 Å². The van der Waals surface area contributed by atoms with Gasteiger partial charge in [-0.3, -0.25) is 19.2 Å². The fraction of sp³-hybridized carbons (Fsp3) is 0.250. The summed E-state index contributed by atoms with van der Waals surface area (Å²) in [6.45, 7) is 3.36. The van der Waals surface area contributed by atoms with E-state index in [0.717, 1.165) is 29.0 Å². The molecule has 9 nitrogen and oxygen atoms in total. The van der Waals surface area contributed by atoms with Crippen LogP contribution >= 0.6 is 23.1 Å². The Labute approximate surface area is 268 Å². The van der Waals surface area contributed by atoms with Gasteiger partial charge < -0.3 is 19.8 Å². The molecule has 3 atom stereocenters. The van der Waals surface area contributed by atoms with E-state index in [4.69, 9.17) is 9.47 Å². The number of amides is 3. The summed E-state index contributed by atoms with van der Waals surface area (Å²) in [7, 11) is 0. The number of thioether (sulfide) groups is 1. The van der Waals surface area contributed by atoms with Gasteiger partial charge in [0.1, 0.15) is 5.25 Å². The summed E-state index contributed by atoms with van der Waals surface area (Å²) in [5.41, 5.74) is 1.11. The first-order chi connectivity index (χ1) is 21.9. The summed E-state index contributed by atoms with van der Waals surface area (Å²) in [6.07, 6.45) is -4.56. The van der Waals surface area contributed by atoms with Crippen molar-refractivity contribution in [2.75, 3.05) is 23.4 Å². The number of alkyl halides is 3. The number of nitrogens with zero attached hydrogens (tertiary/aromatic N) is 1. The van der Waals surface area contributed by atoms with Crippen molar-refractivity contribution in [3.05, 3.63) is 98.0 Å². The third-order valence-electron chi connectivity index (χ3n) is 7.58. The second-order valence-corrected chi connectivity index (χ2v) is 12.8. The van der Waals surface area contributed by atoms with E-state index >= 15 is 0 Å². The van der Waals surface area contributed by atoms with E-state index in [-0.39, 0.29) is 40.5 Å². The summed E-state index contributed by atoms with van der Waals surface area (Å²) < 4.78 is 50.7. The first kappa shape index (κ1) is 31.4. The molecule has 3 unspecified atom stereocenters. The summed E-state index contributed by atoms with van der Waals surface area (Å²) in [4.78, 5) is 56.9. The summed E-state index contributed by atoms with van der Waals surface area (Å²) in [6, 6.07) is 16.2. The highest BCUT2D eigenvalue weighted by Gasteiger charge is 2.56. The van der Waals surface area contributed by atoms with Gasteiger partial charge in [-0.05, 0) is 61.9 Å². The van der Waals surface area contributed by atoms with Crippen LogP contribution in [-0.2, 0) is 20.6 Å². The molecule has 2 N–H and O–H groups in total. The Morgan fingerprint density at radius 1 is 0.978 bits per heavy atom. The van der Waals surface area contributed by atoms with Gasteiger partial charge in [-0.1, -0.05) is 52.9 Å². The van der Waals surface area contributed by atoms with Crippen LogP contribution in [0.3, 0.4) is 0 Å². The molecule has 0 aliphatic carbocycles. The van der Waals surface area contributed by atoms with Crippen molar-refractivity contribution in [1.82, 2.24) is 4.98 Å². The maximum absolute atomic E-state index is 14.0. The Bertz CT molecular complexity index is 1890. The van der Waals surface area contributed by atoms with Crippen molar-refractivity contribution >= 4 is 52.2 Å². The Morgan fingerprint density at radius 3 is 2.46 bits per heavy atom. The van der Waals surface area contributed by atoms with E-state index in [0.29, 0.717) is 21.2 Å². The number of hydrogen-bond donors (Lipinski definition) is 2. The Balaban J connectivity index is 1.28. The topological polar surface area (TPSA) is 118 Å². The number of aromatic amines is 1. The van der Waals surface area contributed by atoms with Gasteiger partial charge in [0.15, 0.2) is 18.1 Å². The van der Waals surface area contributed by atoms with E-state index in [9.17, 15) is 32.3 Å². The van der Waals surface area contributed by atoms with Gasteiger partial charge in [0.2, 0.25) is 11.8 Å². The molecule has 2 aliphatic rings. The van der Waals surface area contributed by atoms with Gasteiger partial charge in [-0.15, -0.1) is 0 Å². The minimum atomic E-state index is -4.56. The first-order valence-corrected chi connectivity index (χ1v) is 15.8. The van der Waals surface area contributed by atoms with Crippen LogP contribution in [0.4, 0.5) is 24.5 Å². The van der Waals surface area contributed by atoms with E-state index in [1.807, 2.05) is 19.1 Å². The summed E-state index contributed by atoms with van der Waals surface area (Å²) in [5, 5.41) is 2.14. The minimum Gasteiger partial charge on any atom is -0.490 e. The highest BCUT2D eigenvalue weighted by atomic mass is 32.2. The van der Waals surface area contributed by atoms with Crippen LogP contribution in [0.1, 0.15) is 34.4 Å². The number of fused-ring (bicyclic) bond motifs is 2. The zero-order valence-corrected chi connectivity index (χ0v) is 26.0. The van der Waals surface area contributed by atoms with Crippen LogP contribution in [0.15, 0.2) is 76.6 Å². The van der Waals surface area contributed by atoms with E-state index in [2.05, 4.69) is 10.3 Å². The van der Waals surface area contributed by atoms with Gasteiger partial charge >= 0.3 is 11.0 Å². The minimum absolute atomic E-state index is 0.0368. The Hall–Kier alpha value is -4.56. The normalized spacial score (nSPS) is 19.1. The zero-order valence-electron chi connectivity index (χ0n) is 24.3. The highest BCUT2D eigenvalue weighted by molar-refractivity contribution is 8.00. The second kappa shape index (κ2) is 12.3. The number of hydrogen-bond acceptors (Lipinski definition) is 8.